The van der Waals surface area contributed by atoms with E-state index >= 15 is 0 Å². The maximum Gasteiger partial charge on any atom is -0.00474 e. The predicted octanol–water partition coefficient (Wildman–Crippen LogP) is 11.4. The molecule has 0 saturated heterocycles. The number of allylic oxidation sites excluding steroid dienone is 6. The quantitative estimate of drug-likeness (QED) is 0.330. The van der Waals surface area contributed by atoms with E-state index in [2.05, 4.69) is 72.8 Å². The molecule has 0 radical (unpaired) electrons. The zero-order valence-corrected chi connectivity index (χ0v) is 25.7. The Kier molecular flexibility index (Phi) is 11.4. The summed E-state index contributed by atoms with van der Waals surface area (Å²) >= 11 is 0. The molecule has 0 nitrogen and oxygen atoms in total. The monoisotopic (exact) mass is 482 g/mol. The Hall–Kier alpha value is -0.780. The van der Waals surface area contributed by atoms with Crippen LogP contribution in [0.15, 0.2) is 35.5 Å². The molecule has 0 aliphatic heterocycles. The molecule has 0 heterocycles. The Bertz CT molecular complexity index is 735. The van der Waals surface area contributed by atoms with Crippen molar-refractivity contribution in [1.29, 1.82) is 0 Å². The van der Waals surface area contributed by atoms with Crippen molar-refractivity contribution in [2.45, 2.75) is 134 Å². The summed E-state index contributed by atoms with van der Waals surface area (Å²) in [7, 11) is 0. The molecule has 0 aromatic heterocycles. The van der Waals surface area contributed by atoms with Crippen LogP contribution >= 0.6 is 0 Å². The SMILES string of the molecule is CC.CC.CCCC1CCC2(C)C(=CC=C3C2CCC2(C)C3CCC2C(C)/C=C/C(C)C(C)C)C1. The van der Waals surface area contributed by atoms with E-state index in [1.807, 2.05) is 38.8 Å². The summed E-state index contributed by atoms with van der Waals surface area (Å²) in [6.45, 7) is 25.3. The second-order valence-corrected chi connectivity index (χ2v) is 12.9. The van der Waals surface area contributed by atoms with Crippen LogP contribution in [0.3, 0.4) is 0 Å². The highest BCUT2D eigenvalue weighted by molar-refractivity contribution is 5.38. The minimum atomic E-state index is 0.464. The van der Waals surface area contributed by atoms with Crippen molar-refractivity contribution in [3.63, 3.8) is 0 Å². The molecule has 0 N–H and O–H groups in total. The van der Waals surface area contributed by atoms with E-state index in [4.69, 9.17) is 0 Å². The van der Waals surface area contributed by atoms with Crippen LogP contribution in [0.2, 0.25) is 0 Å². The first-order valence-corrected chi connectivity index (χ1v) is 15.8. The van der Waals surface area contributed by atoms with Crippen molar-refractivity contribution in [2.24, 2.45) is 52.3 Å². The third-order valence-electron chi connectivity index (χ3n) is 10.8. The van der Waals surface area contributed by atoms with Gasteiger partial charge in [-0.2, -0.15) is 0 Å². The van der Waals surface area contributed by atoms with Crippen molar-refractivity contribution in [3.05, 3.63) is 35.5 Å². The van der Waals surface area contributed by atoms with Gasteiger partial charge in [-0.05, 0) is 97.2 Å². The Balaban J connectivity index is 0.00000103. The molecule has 8 atom stereocenters. The smallest absolute Gasteiger partial charge is 0.00474 e. The summed E-state index contributed by atoms with van der Waals surface area (Å²) in [4.78, 5) is 0. The van der Waals surface area contributed by atoms with Crippen molar-refractivity contribution in [1.82, 2.24) is 0 Å². The summed E-state index contributed by atoms with van der Waals surface area (Å²) in [5, 5.41) is 0. The standard InChI is InChI=1S/C31H50.2C2H6/c1-8-9-24-16-18-30(6)25(20-24)12-13-26-28-15-14-27(31(28,7)19-17-29(26)30)23(5)11-10-22(4)21(2)3;2*1-2/h10-13,21-24,27-29H,8-9,14-20H2,1-7H3;2*1-2H3/b11-10+;;. The lowest BCUT2D eigenvalue weighted by Crippen LogP contribution is -2.46. The van der Waals surface area contributed by atoms with Crippen LogP contribution in [0, 0.1) is 52.3 Å². The van der Waals surface area contributed by atoms with Gasteiger partial charge in [0.2, 0.25) is 0 Å². The molecule has 35 heavy (non-hydrogen) atoms. The van der Waals surface area contributed by atoms with Crippen molar-refractivity contribution in [2.75, 3.05) is 0 Å². The van der Waals surface area contributed by atoms with Gasteiger partial charge in [-0.25, -0.2) is 0 Å². The highest BCUT2D eigenvalue weighted by atomic mass is 14.6. The summed E-state index contributed by atoms with van der Waals surface area (Å²) in [5.74, 6) is 5.61. The first-order chi connectivity index (χ1) is 16.7. The Morgan fingerprint density at radius 1 is 0.857 bits per heavy atom. The molecule has 202 valence electrons. The summed E-state index contributed by atoms with van der Waals surface area (Å²) in [5.41, 5.74) is 4.64. The van der Waals surface area contributed by atoms with Crippen LogP contribution in [-0.2, 0) is 0 Å². The highest BCUT2D eigenvalue weighted by Gasteiger charge is 2.56. The molecule has 8 unspecified atom stereocenters. The summed E-state index contributed by atoms with van der Waals surface area (Å²) in [6.07, 6.45) is 23.1. The van der Waals surface area contributed by atoms with Gasteiger partial charge in [-0.3, -0.25) is 0 Å². The van der Waals surface area contributed by atoms with Crippen LogP contribution < -0.4 is 0 Å². The Morgan fingerprint density at radius 3 is 2.17 bits per heavy atom. The summed E-state index contributed by atoms with van der Waals surface area (Å²) < 4.78 is 0. The molecule has 3 saturated carbocycles. The molecule has 0 amide bonds. The first-order valence-electron chi connectivity index (χ1n) is 15.8. The molecule has 4 aliphatic carbocycles. The van der Waals surface area contributed by atoms with Crippen LogP contribution in [-0.4, -0.2) is 0 Å². The number of fused-ring (bicyclic) bond motifs is 5. The molecule has 0 aromatic rings. The van der Waals surface area contributed by atoms with Crippen molar-refractivity contribution >= 4 is 0 Å². The fraction of sp³-hybridized carbons (Fsp3) is 0.829. The predicted molar refractivity (Wildman–Crippen MR) is 159 cm³/mol. The molecule has 0 spiro atoms. The van der Waals surface area contributed by atoms with Crippen LogP contribution in [0.4, 0.5) is 0 Å². The third-order valence-corrected chi connectivity index (χ3v) is 10.8. The van der Waals surface area contributed by atoms with Gasteiger partial charge in [0.25, 0.3) is 0 Å². The van der Waals surface area contributed by atoms with E-state index in [9.17, 15) is 0 Å². The van der Waals surface area contributed by atoms with Crippen LogP contribution in [0.25, 0.3) is 0 Å². The van der Waals surface area contributed by atoms with Crippen LogP contribution in [0.1, 0.15) is 134 Å². The fourth-order valence-electron chi connectivity index (χ4n) is 8.34. The van der Waals surface area contributed by atoms with E-state index in [1.54, 1.807) is 0 Å². The molecular weight excluding hydrogens is 420 g/mol. The second kappa shape index (κ2) is 13.1. The van der Waals surface area contributed by atoms with Gasteiger partial charge < -0.3 is 0 Å². The average Bonchev–Trinajstić information content (AvgIpc) is 3.22. The van der Waals surface area contributed by atoms with E-state index in [0.717, 1.165) is 29.6 Å². The normalized spacial score (nSPS) is 37.5. The largest absolute Gasteiger partial charge is 0.0852 e. The number of hydrogen-bond acceptors (Lipinski definition) is 0. The minimum absolute atomic E-state index is 0.464. The number of hydrogen-bond donors (Lipinski definition) is 0. The molecule has 4 aliphatic rings. The number of rotatable bonds is 6. The molecule has 0 aromatic carbocycles. The van der Waals surface area contributed by atoms with Gasteiger partial charge in [-0.15, -0.1) is 0 Å². The Morgan fingerprint density at radius 2 is 1.54 bits per heavy atom. The Labute approximate surface area is 221 Å². The fourth-order valence-corrected chi connectivity index (χ4v) is 8.34. The van der Waals surface area contributed by atoms with E-state index in [0.29, 0.717) is 22.7 Å². The zero-order valence-electron chi connectivity index (χ0n) is 25.7. The lowest BCUT2D eigenvalue weighted by atomic mass is 9.49. The zero-order chi connectivity index (χ0) is 26.4. The maximum atomic E-state index is 2.67. The maximum absolute atomic E-state index is 2.67. The lowest BCUT2D eigenvalue weighted by molar-refractivity contribution is 0.0526. The topological polar surface area (TPSA) is 0 Å². The molecule has 0 bridgehead atoms. The minimum Gasteiger partial charge on any atom is -0.0852 e. The van der Waals surface area contributed by atoms with E-state index in [1.165, 1.54) is 57.8 Å². The van der Waals surface area contributed by atoms with Gasteiger partial charge >= 0.3 is 0 Å². The van der Waals surface area contributed by atoms with E-state index < -0.39 is 0 Å². The second-order valence-electron chi connectivity index (χ2n) is 12.9. The van der Waals surface area contributed by atoms with E-state index in [-0.39, 0.29) is 0 Å². The molecule has 4 rings (SSSR count). The molecular formula is C35H62. The van der Waals surface area contributed by atoms with Gasteiger partial charge in [0.05, 0.1) is 0 Å². The van der Waals surface area contributed by atoms with Crippen molar-refractivity contribution < 1.29 is 0 Å². The van der Waals surface area contributed by atoms with Gasteiger partial charge in [0.1, 0.15) is 0 Å². The lowest BCUT2D eigenvalue weighted by Gasteiger charge is -2.55. The van der Waals surface area contributed by atoms with Crippen molar-refractivity contribution in [3.8, 4) is 0 Å². The van der Waals surface area contributed by atoms with Gasteiger partial charge in [0.15, 0.2) is 0 Å². The van der Waals surface area contributed by atoms with Gasteiger partial charge in [0, 0.05) is 0 Å². The average molecular weight is 483 g/mol. The first kappa shape index (κ1) is 30.4. The van der Waals surface area contributed by atoms with Crippen LogP contribution in [0.5, 0.6) is 0 Å². The summed E-state index contributed by atoms with van der Waals surface area (Å²) in [6, 6.07) is 0. The highest BCUT2D eigenvalue weighted by Crippen LogP contribution is 2.66. The third kappa shape index (κ3) is 6.04. The molecule has 3 fully saturated rings. The van der Waals surface area contributed by atoms with Gasteiger partial charge in [-0.1, -0.05) is 124 Å². The molecule has 0 heteroatoms.